The van der Waals surface area contributed by atoms with Gasteiger partial charge in [0.05, 0.1) is 19.4 Å². The van der Waals surface area contributed by atoms with Crippen molar-refractivity contribution in [2.24, 2.45) is 33.7 Å². The largest absolute Gasteiger partial charge is 0.481 e. The molecule has 0 saturated carbocycles. The summed E-state index contributed by atoms with van der Waals surface area (Å²) in [5, 5.41) is 42.4. The van der Waals surface area contributed by atoms with E-state index in [1.165, 1.54) is 0 Å². The number of nitrogens with zero attached hydrogens (tertiary/aromatic N) is 1. The monoisotopic (exact) mass is 864 g/mol. The maximum atomic E-state index is 13.9. The highest BCUT2D eigenvalue weighted by molar-refractivity contribution is 5.98. The lowest BCUT2D eigenvalue weighted by atomic mass is 10.0. The molecule has 1 aromatic carbocycles. The number of nitrogens with one attached hydrogen (secondary N) is 6. The molecule has 0 aliphatic heterocycles. The number of aliphatic imine (C=N–C) groups is 1. The zero-order valence-corrected chi connectivity index (χ0v) is 33.3. The molecule has 1 rings (SSSR count). The van der Waals surface area contributed by atoms with Crippen molar-refractivity contribution in [3.8, 4) is 0 Å². The Bertz CT molecular complexity index is 1730. The number of carboxylic acid groups (broad SMARTS) is 3. The minimum absolute atomic E-state index is 0.00238. The summed E-state index contributed by atoms with van der Waals surface area (Å²) in [5.74, 6) is -12.2. The molecule has 0 unspecified atom stereocenters. The third-order valence-corrected chi connectivity index (χ3v) is 8.59. The summed E-state index contributed by atoms with van der Waals surface area (Å²) in [4.78, 5) is 130. The smallest absolute Gasteiger partial charge is 0.326 e. The Kier molecular flexibility index (Phi) is 23.7. The van der Waals surface area contributed by atoms with E-state index in [1.807, 2.05) is 0 Å². The minimum atomic E-state index is -1.98. The van der Waals surface area contributed by atoms with Gasteiger partial charge in [-0.1, -0.05) is 30.3 Å². The second-order valence-corrected chi connectivity index (χ2v) is 13.6. The number of aliphatic carboxylic acids is 3. The second-order valence-electron chi connectivity index (χ2n) is 13.6. The molecule has 61 heavy (non-hydrogen) atoms. The summed E-state index contributed by atoms with van der Waals surface area (Å²) in [6, 6.07) is -1.49. The molecule has 0 fully saturated rings. The van der Waals surface area contributed by atoms with E-state index >= 15 is 0 Å². The predicted octanol–water partition coefficient (Wildman–Crippen LogP) is -5.42. The van der Waals surface area contributed by atoms with Crippen molar-refractivity contribution in [1.82, 2.24) is 31.9 Å². The van der Waals surface area contributed by atoms with Crippen molar-refractivity contribution in [2.45, 2.75) is 100 Å². The molecule has 338 valence electrons. The molecule has 25 nitrogen and oxygen atoms in total. The molecule has 1 aromatic rings. The molecular formula is C36H56N12O13. The molecule has 7 amide bonds. The molecule has 6 atom stereocenters. The van der Waals surface area contributed by atoms with Crippen LogP contribution in [0.15, 0.2) is 35.3 Å². The molecule has 19 N–H and O–H groups in total. The van der Waals surface area contributed by atoms with E-state index in [1.54, 1.807) is 30.3 Å². The molecule has 0 saturated heterocycles. The van der Waals surface area contributed by atoms with Crippen molar-refractivity contribution < 1.29 is 63.3 Å². The van der Waals surface area contributed by atoms with Gasteiger partial charge in [-0.3, -0.25) is 48.1 Å². The summed E-state index contributed by atoms with van der Waals surface area (Å²) in [6.07, 6.45) is -2.64. The second kappa shape index (κ2) is 27.7. The quantitative estimate of drug-likeness (QED) is 0.0195. The van der Waals surface area contributed by atoms with Crippen LogP contribution in [-0.4, -0.2) is 136 Å². The lowest BCUT2D eigenvalue weighted by Gasteiger charge is -2.27. The van der Waals surface area contributed by atoms with Gasteiger partial charge in [0.1, 0.15) is 36.3 Å². The Morgan fingerprint density at radius 1 is 0.557 bits per heavy atom. The van der Waals surface area contributed by atoms with Gasteiger partial charge in [0.15, 0.2) is 5.96 Å². The average molecular weight is 865 g/mol. The number of rotatable bonds is 30. The fraction of sp³-hybridized carbons (Fsp3) is 0.528. The van der Waals surface area contributed by atoms with Crippen molar-refractivity contribution >= 4 is 65.2 Å². The minimum Gasteiger partial charge on any atom is -0.481 e. The molecular weight excluding hydrogens is 808 g/mol. The van der Waals surface area contributed by atoms with Crippen LogP contribution in [-0.2, 0) is 54.4 Å². The molecule has 0 aromatic heterocycles. The number of hydrogen-bond acceptors (Lipinski definition) is 13. The number of hydrogen-bond donors (Lipinski definition) is 14. The Balaban J connectivity index is 3.49. The van der Waals surface area contributed by atoms with Gasteiger partial charge in [-0.2, -0.15) is 0 Å². The average Bonchev–Trinajstić information content (AvgIpc) is 3.18. The predicted molar refractivity (Wildman–Crippen MR) is 214 cm³/mol. The van der Waals surface area contributed by atoms with Gasteiger partial charge in [-0.15, -0.1) is 0 Å². The molecule has 0 radical (unpaired) electrons. The zero-order chi connectivity index (χ0) is 46.1. The summed E-state index contributed by atoms with van der Waals surface area (Å²) in [5.41, 5.74) is 27.3. The number of primary amides is 1. The van der Waals surface area contributed by atoms with Gasteiger partial charge in [0.2, 0.25) is 41.4 Å². The first-order chi connectivity index (χ1) is 28.8. The molecule has 0 aliphatic carbocycles. The highest BCUT2D eigenvalue weighted by Gasteiger charge is 2.34. The molecule has 25 heteroatoms. The standard InChI is InChI=1S/C36H56N12O13/c37-13-5-4-9-20(43-27(50)18-38)30(55)46-23(15-19-7-2-1-3-8-19)33(58)45-22(11-12-28(51)52)32(57)47-24(17-29(53)54)34(59)44-21(10-6-14-42-36(40)41)31(56)48-25(35(60)61)16-26(39)49/h1-3,7-8,20-25H,4-6,9-18,37-38H2,(H2,39,49)(H,43,50)(H,44,59)(H,45,58)(H,46,55)(H,47,57)(H,48,56)(H,51,52)(H,53,54)(H,60,61)(H4,40,41,42)/t20-,21-,22-,23-,24-,25-/m0/s1. The normalized spacial score (nSPS) is 13.6. The van der Waals surface area contributed by atoms with Gasteiger partial charge in [0, 0.05) is 19.4 Å². The molecule has 0 aliphatic rings. The first-order valence-corrected chi connectivity index (χ1v) is 19.0. The molecule has 0 heterocycles. The summed E-state index contributed by atoms with van der Waals surface area (Å²) in [7, 11) is 0. The number of benzene rings is 1. The van der Waals surface area contributed by atoms with E-state index in [4.69, 9.17) is 28.7 Å². The van der Waals surface area contributed by atoms with Gasteiger partial charge in [0.25, 0.3) is 0 Å². The lowest BCUT2D eigenvalue weighted by molar-refractivity contribution is -0.144. The Hall–Kier alpha value is -6.89. The number of carboxylic acids is 3. The number of guanidine groups is 1. The van der Waals surface area contributed by atoms with Gasteiger partial charge in [-0.25, -0.2) is 4.79 Å². The Morgan fingerprint density at radius 2 is 1.05 bits per heavy atom. The Morgan fingerprint density at radius 3 is 1.56 bits per heavy atom. The van der Waals surface area contributed by atoms with Crippen LogP contribution < -0.4 is 60.6 Å². The summed E-state index contributed by atoms with van der Waals surface area (Å²) in [6.45, 7) is -0.213. The van der Waals surface area contributed by atoms with E-state index in [9.17, 15) is 63.3 Å². The topological polar surface area (TPSA) is 446 Å². The van der Waals surface area contributed by atoms with Crippen molar-refractivity contribution in [1.29, 1.82) is 0 Å². The van der Waals surface area contributed by atoms with Crippen LogP contribution in [0, 0.1) is 0 Å². The van der Waals surface area contributed by atoms with Crippen LogP contribution in [0.3, 0.4) is 0 Å². The first kappa shape index (κ1) is 52.1. The number of amides is 7. The van der Waals surface area contributed by atoms with E-state index in [0.717, 1.165) is 0 Å². The van der Waals surface area contributed by atoms with E-state index < -0.39 is 128 Å². The van der Waals surface area contributed by atoms with Crippen LogP contribution in [0.5, 0.6) is 0 Å². The van der Waals surface area contributed by atoms with Crippen LogP contribution in [0.2, 0.25) is 0 Å². The molecule has 0 bridgehead atoms. The van der Waals surface area contributed by atoms with Crippen LogP contribution in [0.25, 0.3) is 0 Å². The fourth-order valence-electron chi connectivity index (χ4n) is 5.53. The lowest BCUT2D eigenvalue weighted by Crippen LogP contribution is -2.60. The van der Waals surface area contributed by atoms with Crippen molar-refractivity contribution in [3.63, 3.8) is 0 Å². The van der Waals surface area contributed by atoms with E-state index in [-0.39, 0.29) is 38.2 Å². The van der Waals surface area contributed by atoms with Crippen molar-refractivity contribution in [3.05, 3.63) is 35.9 Å². The van der Waals surface area contributed by atoms with E-state index in [2.05, 4.69) is 36.9 Å². The summed E-state index contributed by atoms with van der Waals surface area (Å²) >= 11 is 0. The summed E-state index contributed by atoms with van der Waals surface area (Å²) < 4.78 is 0. The van der Waals surface area contributed by atoms with Crippen LogP contribution in [0.4, 0.5) is 0 Å². The van der Waals surface area contributed by atoms with Gasteiger partial charge < -0.3 is 75.9 Å². The SMILES string of the molecule is NCCCC[C@H](NC(=O)CN)C(=O)N[C@@H](Cc1ccccc1)C(=O)N[C@@H](CCC(=O)O)C(=O)N[C@@H](CC(=O)O)C(=O)N[C@@H](CCCN=C(N)N)C(=O)N[C@@H](CC(N)=O)C(=O)O. The van der Waals surface area contributed by atoms with Gasteiger partial charge >= 0.3 is 17.9 Å². The first-order valence-electron chi connectivity index (χ1n) is 19.0. The number of unbranched alkanes of at least 4 members (excludes halogenated alkanes) is 1. The van der Waals surface area contributed by atoms with Crippen LogP contribution in [0.1, 0.15) is 63.4 Å². The fourth-order valence-corrected chi connectivity index (χ4v) is 5.53. The number of carbonyl (C=O) groups excluding carboxylic acids is 7. The maximum absolute atomic E-state index is 13.9. The highest BCUT2D eigenvalue weighted by atomic mass is 16.4. The maximum Gasteiger partial charge on any atom is 0.326 e. The molecule has 0 spiro atoms. The third-order valence-electron chi connectivity index (χ3n) is 8.59. The zero-order valence-electron chi connectivity index (χ0n) is 33.3. The Labute approximate surface area is 349 Å². The third kappa shape index (κ3) is 21.6. The van der Waals surface area contributed by atoms with Gasteiger partial charge in [-0.05, 0) is 50.6 Å². The number of nitrogens with two attached hydrogens (primary N) is 5. The highest BCUT2D eigenvalue weighted by Crippen LogP contribution is 2.10. The number of carbonyl (C=O) groups is 10. The van der Waals surface area contributed by atoms with Crippen molar-refractivity contribution in [2.75, 3.05) is 19.6 Å². The van der Waals surface area contributed by atoms with E-state index in [0.29, 0.717) is 24.9 Å². The van der Waals surface area contributed by atoms with Crippen LogP contribution >= 0.6 is 0 Å².